The maximum Gasteiger partial charge on any atom is 0.271 e. The number of carbonyl (C=O) groups is 1. The monoisotopic (exact) mass is 354 g/mol. The molecule has 1 atom stereocenters. The number of aryl methyl sites for hydroxylation is 1. The first-order chi connectivity index (χ1) is 12.7. The molecule has 2 aromatic rings. The zero-order valence-electron chi connectivity index (χ0n) is 15.5. The Labute approximate surface area is 153 Å². The number of amides is 1. The largest absolute Gasteiger partial charge is 0.351 e. The molecule has 1 N–H and O–H groups in total. The van der Waals surface area contributed by atoms with Gasteiger partial charge in [0, 0.05) is 25.8 Å². The summed E-state index contributed by atoms with van der Waals surface area (Å²) in [7, 11) is 2.15. The predicted molar refractivity (Wildman–Crippen MR) is 99.2 cm³/mol. The van der Waals surface area contributed by atoms with Crippen molar-refractivity contribution < 1.29 is 4.79 Å². The lowest BCUT2D eigenvalue weighted by Crippen LogP contribution is -2.27. The van der Waals surface area contributed by atoms with Crippen molar-refractivity contribution in [2.45, 2.75) is 51.5 Å². The average Bonchev–Trinajstić information content (AvgIpc) is 3.27. The molecule has 0 unspecified atom stereocenters. The van der Waals surface area contributed by atoms with E-state index >= 15 is 0 Å². The van der Waals surface area contributed by atoms with Crippen LogP contribution in [0, 0.1) is 0 Å². The van der Waals surface area contributed by atoms with Gasteiger partial charge in [0.2, 0.25) is 0 Å². The van der Waals surface area contributed by atoms with E-state index in [1.54, 1.807) is 6.07 Å². The van der Waals surface area contributed by atoms with Crippen LogP contribution in [0.5, 0.6) is 0 Å². The van der Waals surface area contributed by atoms with Crippen LogP contribution in [0.4, 0.5) is 5.82 Å². The molecule has 4 rings (SSSR count). The second-order valence-electron chi connectivity index (χ2n) is 7.12. The number of nitrogens with one attached hydrogen (secondary N) is 1. The lowest BCUT2D eigenvalue weighted by molar-refractivity contribution is 0.0950. The number of aromatic nitrogens is 4. The van der Waals surface area contributed by atoms with Crippen molar-refractivity contribution in [2.75, 3.05) is 18.0 Å². The average molecular weight is 354 g/mol. The van der Waals surface area contributed by atoms with E-state index in [9.17, 15) is 4.79 Å². The highest BCUT2D eigenvalue weighted by Crippen LogP contribution is 2.36. The molecule has 2 aliphatic rings. The number of hydrogen-bond donors (Lipinski definition) is 1. The molecular weight excluding hydrogens is 328 g/mol. The van der Waals surface area contributed by atoms with Gasteiger partial charge < -0.3 is 14.8 Å². The van der Waals surface area contributed by atoms with Crippen molar-refractivity contribution in [1.82, 2.24) is 25.1 Å². The minimum absolute atomic E-state index is 0.179. The maximum atomic E-state index is 11.9. The summed E-state index contributed by atoms with van der Waals surface area (Å²) >= 11 is 0. The lowest BCUT2D eigenvalue weighted by Gasteiger charge is -2.25. The summed E-state index contributed by atoms with van der Waals surface area (Å²) in [4.78, 5) is 19.1. The van der Waals surface area contributed by atoms with Crippen LogP contribution in [0.15, 0.2) is 12.1 Å². The predicted octanol–water partition coefficient (Wildman–Crippen LogP) is 2.18. The van der Waals surface area contributed by atoms with E-state index in [4.69, 9.17) is 4.98 Å². The minimum Gasteiger partial charge on any atom is -0.351 e. The molecule has 3 heterocycles. The molecule has 1 fully saturated rings. The molecule has 138 valence electrons. The van der Waals surface area contributed by atoms with Crippen LogP contribution in [0.2, 0.25) is 0 Å². The van der Waals surface area contributed by atoms with Crippen LogP contribution < -0.4 is 10.2 Å². The zero-order valence-corrected chi connectivity index (χ0v) is 15.5. The third-order valence-electron chi connectivity index (χ3n) is 5.47. The van der Waals surface area contributed by atoms with E-state index in [2.05, 4.69) is 32.0 Å². The van der Waals surface area contributed by atoms with Gasteiger partial charge in [-0.3, -0.25) is 4.79 Å². The van der Waals surface area contributed by atoms with Gasteiger partial charge >= 0.3 is 0 Å². The first-order valence-electron chi connectivity index (χ1n) is 9.62. The van der Waals surface area contributed by atoms with Gasteiger partial charge in [-0.15, -0.1) is 10.2 Å². The van der Waals surface area contributed by atoms with Crippen molar-refractivity contribution in [3.63, 3.8) is 0 Å². The molecule has 1 amide bonds. The summed E-state index contributed by atoms with van der Waals surface area (Å²) in [6.45, 7) is 3.42. The third kappa shape index (κ3) is 2.95. The molecule has 0 bridgehead atoms. The Hall–Kier alpha value is -2.44. The Bertz CT molecular complexity index is 797. The van der Waals surface area contributed by atoms with Crippen LogP contribution in [0.3, 0.4) is 0 Å². The fourth-order valence-corrected chi connectivity index (χ4v) is 4.16. The number of hydrogen-bond acceptors (Lipinski definition) is 5. The molecule has 1 saturated heterocycles. The van der Waals surface area contributed by atoms with Gasteiger partial charge in [0.1, 0.15) is 5.82 Å². The van der Waals surface area contributed by atoms with Crippen LogP contribution >= 0.6 is 0 Å². The summed E-state index contributed by atoms with van der Waals surface area (Å²) in [5, 5.41) is 11.2. The summed E-state index contributed by atoms with van der Waals surface area (Å²) < 4.78 is 2.30. The normalized spacial score (nSPS) is 19.5. The van der Waals surface area contributed by atoms with Gasteiger partial charge in [-0.1, -0.05) is 0 Å². The fraction of sp³-hybridized carbons (Fsp3) is 0.579. The number of imidazole rings is 1. The van der Waals surface area contributed by atoms with Crippen LogP contribution in [0.25, 0.3) is 0 Å². The molecule has 2 aromatic heterocycles. The minimum atomic E-state index is -0.179. The Morgan fingerprint density at radius 2 is 2.08 bits per heavy atom. The second-order valence-corrected chi connectivity index (χ2v) is 7.12. The molecule has 0 saturated carbocycles. The molecule has 0 aromatic carbocycles. The number of carbonyl (C=O) groups excluding carboxylic acids is 1. The van der Waals surface area contributed by atoms with Gasteiger partial charge in [0.15, 0.2) is 11.5 Å². The molecule has 7 heteroatoms. The maximum absolute atomic E-state index is 11.9. The number of rotatable bonds is 4. The Kier molecular flexibility index (Phi) is 4.61. The molecule has 0 spiro atoms. The van der Waals surface area contributed by atoms with Gasteiger partial charge in [0.25, 0.3) is 5.91 Å². The van der Waals surface area contributed by atoms with Crippen molar-refractivity contribution in [2.24, 2.45) is 7.05 Å². The Balaban J connectivity index is 1.59. The smallest absolute Gasteiger partial charge is 0.271 e. The van der Waals surface area contributed by atoms with Crippen LogP contribution in [-0.2, 0) is 19.9 Å². The Morgan fingerprint density at radius 1 is 1.23 bits per heavy atom. The van der Waals surface area contributed by atoms with Gasteiger partial charge in [0.05, 0.1) is 11.7 Å². The molecule has 26 heavy (non-hydrogen) atoms. The summed E-state index contributed by atoms with van der Waals surface area (Å²) in [6.07, 6.45) is 6.91. The van der Waals surface area contributed by atoms with E-state index in [0.29, 0.717) is 12.2 Å². The fourth-order valence-electron chi connectivity index (χ4n) is 4.16. The topological polar surface area (TPSA) is 75.9 Å². The van der Waals surface area contributed by atoms with E-state index in [-0.39, 0.29) is 11.9 Å². The van der Waals surface area contributed by atoms with Crippen molar-refractivity contribution in [3.05, 3.63) is 35.0 Å². The highest BCUT2D eigenvalue weighted by atomic mass is 16.1. The second kappa shape index (κ2) is 7.05. The van der Waals surface area contributed by atoms with Crippen molar-refractivity contribution in [3.8, 4) is 0 Å². The van der Waals surface area contributed by atoms with Gasteiger partial charge in [-0.05, 0) is 57.6 Å². The van der Waals surface area contributed by atoms with E-state index in [1.165, 1.54) is 24.2 Å². The molecule has 1 aliphatic heterocycles. The Morgan fingerprint density at radius 3 is 2.81 bits per heavy atom. The zero-order chi connectivity index (χ0) is 18.1. The summed E-state index contributed by atoms with van der Waals surface area (Å²) in [6, 6.07) is 3.89. The highest BCUT2D eigenvalue weighted by Gasteiger charge is 2.32. The van der Waals surface area contributed by atoms with Crippen LogP contribution in [-0.4, -0.2) is 38.7 Å². The summed E-state index contributed by atoms with van der Waals surface area (Å²) in [5.74, 6) is 1.78. The highest BCUT2D eigenvalue weighted by molar-refractivity contribution is 5.92. The van der Waals surface area contributed by atoms with Gasteiger partial charge in [-0.2, -0.15) is 0 Å². The van der Waals surface area contributed by atoms with Crippen LogP contribution in [0.1, 0.15) is 66.3 Å². The molecule has 0 radical (unpaired) electrons. The first kappa shape index (κ1) is 17.0. The van der Waals surface area contributed by atoms with Gasteiger partial charge in [-0.25, -0.2) is 4.98 Å². The lowest BCUT2D eigenvalue weighted by atomic mass is 10.0. The molecule has 7 nitrogen and oxygen atoms in total. The number of anilines is 1. The quantitative estimate of drug-likeness (QED) is 0.911. The summed E-state index contributed by atoms with van der Waals surface area (Å²) in [5.41, 5.74) is 3.04. The third-order valence-corrected chi connectivity index (χ3v) is 5.47. The SMILES string of the molecule is CCNC(=O)c1ccc(N2CCC[C@@H]2c2nc3c(n2C)CCCC3)nn1. The van der Waals surface area contributed by atoms with E-state index in [1.807, 2.05) is 13.0 Å². The van der Waals surface area contributed by atoms with E-state index in [0.717, 1.165) is 43.9 Å². The molecule has 1 aliphatic carbocycles. The molecular formula is C19H26N6O. The first-order valence-corrected chi connectivity index (χ1v) is 9.62. The number of nitrogens with zero attached hydrogens (tertiary/aromatic N) is 5. The van der Waals surface area contributed by atoms with E-state index < -0.39 is 0 Å². The van der Waals surface area contributed by atoms with Crippen molar-refractivity contribution in [1.29, 1.82) is 0 Å². The standard InChI is InChI=1S/C19H26N6O/c1-3-20-19(26)14-10-11-17(23-22-14)25-12-6-9-16(25)18-21-13-7-4-5-8-15(13)24(18)2/h10-11,16H,3-9,12H2,1-2H3,(H,20,26)/t16-/m1/s1. The number of fused-ring (bicyclic) bond motifs is 1. The van der Waals surface area contributed by atoms with Crippen molar-refractivity contribution >= 4 is 11.7 Å².